The van der Waals surface area contributed by atoms with Crippen molar-refractivity contribution in [3.8, 4) is 0 Å². The molecule has 0 bridgehead atoms. The Morgan fingerprint density at radius 2 is 1.67 bits per heavy atom. The van der Waals surface area contributed by atoms with Crippen LogP contribution in [0.1, 0.15) is 53.9 Å². The SMILES string of the molecule is CCN(CC(=O)Nc1ccc(NC(C)=O)cc1)[C@@H](C)C(=O)N[C@@H]1CCC[C@H](C)[C@@H]1C. The van der Waals surface area contributed by atoms with Crippen LogP contribution >= 0.6 is 0 Å². The normalized spacial score (nSPS) is 22.3. The highest BCUT2D eigenvalue weighted by Gasteiger charge is 2.30. The van der Waals surface area contributed by atoms with Gasteiger partial charge in [-0.05, 0) is 56.0 Å². The first-order valence-electron chi connectivity index (χ1n) is 10.9. The minimum atomic E-state index is -0.382. The Balaban J connectivity index is 1.89. The van der Waals surface area contributed by atoms with E-state index in [9.17, 15) is 14.4 Å². The van der Waals surface area contributed by atoms with Gasteiger partial charge in [0.05, 0.1) is 12.6 Å². The minimum Gasteiger partial charge on any atom is -0.352 e. The maximum absolute atomic E-state index is 12.8. The molecule has 1 fully saturated rings. The van der Waals surface area contributed by atoms with Gasteiger partial charge in [0.25, 0.3) is 0 Å². The van der Waals surface area contributed by atoms with Crippen LogP contribution in [-0.2, 0) is 14.4 Å². The summed E-state index contributed by atoms with van der Waals surface area (Å²) in [5.41, 5.74) is 1.32. The molecule has 166 valence electrons. The van der Waals surface area contributed by atoms with Gasteiger partial charge in [0.1, 0.15) is 0 Å². The maximum atomic E-state index is 12.8. The van der Waals surface area contributed by atoms with E-state index in [1.807, 2.05) is 18.7 Å². The molecule has 1 aromatic carbocycles. The molecule has 0 saturated heterocycles. The van der Waals surface area contributed by atoms with Gasteiger partial charge in [0, 0.05) is 24.3 Å². The third-order valence-electron chi connectivity index (χ3n) is 6.20. The maximum Gasteiger partial charge on any atom is 0.238 e. The summed E-state index contributed by atoms with van der Waals surface area (Å²) in [6.45, 7) is 10.4. The van der Waals surface area contributed by atoms with Gasteiger partial charge in [-0.2, -0.15) is 0 Å². The first-order valence-corrected chi connectivity index (χ1v) is 10.9. The molecule has 1 aliphatic carbocycles. The molecule has 0 aliphatic heterocycles. The summed E-state index contributed by atoms with van der Waals surface area (Å²) in [7, 11) is 0. The van der Waals surface area contributed by atoms with Crippen LogP contribution in [0.25, 0.3) is 0 Å². The molecule has 0 heterocycles. The molecule has 3 amide bonds. The third kappa shape index (κ3) is 6.83. The van der Waals surface area contributed by atoms with Crippen LogP contribution in [0, 0.1) is 11.8 Å². The first kappa shape index (κ1) is 23.9. The van der Waals surface area contributed by atoms with Crippen LogP contribution in [0.5, 0.6) is 0 Å². The lowest BCUT2D eigenvalue weighted by atomic mass is 9.78. The predicted octanol–water partition coefficient (Wildman–Crippen LogP) is 3.23. The zero-order chi connectivity index (χ0) is 22.3. The fraction of sp³-hybridized carbons (Fsp3) is 0.609. The van der Waals surface area contributed by atoms with Gasteiger partial charge in [-0.25, -0.2) is 0 Å². The quantitative estimate of drug-likeness (QED) is 0.607. The molecule has 7 nitrogen and oxygen atoms in total. The Hall–Kier alpha value is -2.41. The highest BCUT2D eigenvalue weighted by atomic mass is 16.2. The molecule has 1 saturated carbocycles. The number of likely N-dealkylation sites (N-methyl/N-ethyl adjacent to an activating group) is 1. The Kier molecular flexibility index (Phi) is 8.84. The number of rotatable bonds is 8. The Morgan fingerprint density at radius 1 is 1.07 bits per heavy atom. The highest BCUT2D eigenvalue weighted by Crippen LogP contribution is 2.29. The van der Waals surface area contributed by atoms with Crippen LogP contribution in [0.2, 0.25) is 0 Å². The van der Waals surface area contributed by atoms with E-state index >= 15 is 0 Å². The monoisotopic (exact) mass is 416 g/mol. The molecular formula is C23H36N4O3. The van der Waals surface area contributed by atoms with Crippen molar-refractivity contribution in [1.82, 2.24) is 10.2 Å². The molecule has 0 radical (unpaired) electrons. The first-order chi connectivity index (χ1) is 14.2. The molecule has 1 aromatic rings. The van der Waals surface area contributed by atoms with Crippen molar-refractivity contribution in [1.29, 1.82) is 0 Å². The number of benzene rings is 1. The molecule has 0 aromatic heterocycles. The van der Waals surface area contributed by atoms with Gasteiger partial charge in [0.2, 0.25) is 17.7 Å². The lowest BCUT2D eigenvalue weighted by Gasteiger charge is -2.36. The fourth-order valence-corrected chi connectivity index (χ4v) is 4.00. The summed E-state index contributed by atoms with van der Waals surface area (Å²) < 4.78 is 0. The zero-order valence-corrected chi connectivity index (χ0v) is 18.8. The van der Waals surface area contributed by atoms with Crippen molar-refractivity contribution in [2.45, 2.75) is 66.0 Å². The van der Waals surface area contributed by atoms with Gasteiger partial charge in [-0.1, -0.05) is 33.6 Å². The van der Waals surface area contributed by atoms with E-state index in [0.29, 0.717) is 29.8 Å². The van der Waals surface area contributed by atoms with Gasteiger partial charge in [-0.3, -0.25) is 19.3 Å². The second-order valence-electron chi connectivity index (χ2n) is 8.43. The van der Waals surface area contributed by atoms with Crippen molar-refractivity contribution in [3.63, 3.8) is 0 Å². The lowest BCUT2D eigenvalue weighted by molar-refractivity contribution is -0.128. The van der Waals surface area contributed by atoms with E-state index in [1.54, 1.807) is 24.3 Å². The molecule has 2 rings (SSSR count). The largest absolute Gasteiger partial charge is 0.352 e. The molecule has 0 spiro atoms. The van der Waals surface area contributed by atoms with Crippen molar-refractivity contribution < 1.29 is 14.4 Å². The van der Waals surface area contributed by atoms with Gasteiger partial charge >= 0.3 is 0 Å². The van der Waals surface area contributed by atoms with Gasteiger partial charge < -0.3 is 16.0 Å². The van der Waals surface area contributed by atoms with E-state index in [4.69, 9.17) is 0 Å². The Bertz CT molecular complexity index is 734. The number of nitrogens with zero attached hydrogens (tertiary/aromatic N) is 1. The molecule has 0 unspecified atom stereocenters. The topological polar surface area (TPSA) is 90.5 Å². The fourth-order valence-electron chi connectivity index (χ4n) is 4.00. The van der Waals surface area contributed by atoms with Crippen molar-refractivity contribution >= 4 is 29.1 Å². The highest BCUT2D eigenvalue weighted by molar-refractivity contribution is 5.93. The van der Waals surface area contributed by atoms with E-state index in [-0.39, 0.29) is 36.3 Å². The Labute approximate surface area is 180 Å². The standard InChI is InChI=1S/C23H36N4O3/c1-6-27(17(4)23(30)26-21-9-7-8-15(2)16(21)3)14-22(29)25-20-12-10-19(11-13-20)24-18(5)28/h10-13,15-17,21H,6-9,14H2,1-5H3,(H,24,28)(H,25,29)(H,26,30)/t15-,16-,17-,21+/m0/s1. The summed E-state index contributed by atoms with van der Waals surface area (Å²) in [4.78, 5) is 38.3. The van der Waals surface area contributed by atoms with Crippen molar-refractivity contribution in [3.05, 3.63) is 24.3 Å². The number of anilines is 2. The van der Waals surface area contributed by atoms with Gasteiger partial charge in [0.15, 0.2) is 0 Å². The van der Waals surface area contributed by atoms with E-state index < -0.39 is 0 Å². The third-order valence-corrected chi connectivity index (χ3v) is 6.20. The molecule has 7 heteroatoms. The predicted molar refractivity (Wildman–Crippen MR) is 120 cm³/mol. The van der Waals surface area contributed by atoms with E-state index in [0.717, 1.165) is 12.8 Å². The van der Waals surface area contributed by atoms with Crippen LogP contribution in [0.15, 0.2) is 24.3 Å². The molecule has 4 atom stereocenters. The average molecular weight is 417 g/mol. The van der Waals surface area contributed by atoms with Crippen molar-refractivity contribution in [2.24, 2.45) is 11.8 Å². The summed E-state index contributed by atoms with van der Waals surface area (Å²) >= 11 is 0. The van der Waals surface area contributed by atoms with Crippen LogP contribution in [0.3, 0.4) is 0 Å². The van der Waals surface area contributed by atoms with Crippen LogP contribution < -0.4 is 16.0 Å². The summed E-state index contributed by atoms with van der Waals surface area (Å²) in [6, 6.07) is 6.77. The Morgan fingerprint density at radius 3 is 2.23 bits per heavy atom. The van der Waals surface area contributed by atoms with Crippen LogP contribution in [0.4, 0.5) is 11.4 Å². The van der Waals surface area contributed by atoms with Crippen molar-refractivity contribution in [2.75, 3.05) is 23.7 Å². The van der Waals surface area contributed by atoms with E-state index in [1.165, 1.54) is 13.3 Å². The smallest absolute Gasteiger partial charge is 0.238 e. The summed E-state index contributed by atoms with van der Waals surface area (Å²) in [5, 5.41) is 8.75. The summed E-state index contributed by atoms with van der Waals surface area (Å²) in [6.07, 6.45) is 3.38. The number of amides is 3. The molecular weight excluding hydrogens is 380 g/mol. The number of carbonyl (C=O) groups is 3. The molecule has 30 heavy (non-hydrogen) atoms. The van der Waals surface area contributed by atoms with Crippen LogP contribution in [-0.4, -0.2) is 47.8 Å². The number of hydrogen-bond donors (Lipinski definition) is 3. The van der Waals surface area contributed by atoms with Gasteiger partial charge in [-0.15, -0.1) is 0 Å². The molecule has 1 aliphatic rings. The summed E-state index contributed by atoms with van der Waals surface area (Å²) in [5.74, 6) is 0.742. The average Bonchev–Trinajstić information content (AvgIpc) is 2.70. The number of hydrogen-bond acceptors (Lipinski definition) is 4. The second-order valence-corrected chi connectivity index (χ2v) is 8.43. The second kappa shape index (κ2) is 11.1. The number of carbonyl (C=O) groups excluding carboxylic acids is 3. The molecule has 3 N–H and O–H groups in total. The van der Waals surface area contributed by atoms with E-state index in [2.05, 4.69) is 29.8 Å². The minimum absolute atomic E-state index is 0.0183. The number of nitrogens with one attached hydrogen (secondary N) is 3. The zero-order valence-electron chi connectivity index (χ0n) is 18.8. The lowest BCUT2D eigenvalue weighted by Crippen LogP contribution is -2.52.